The first kappa shape index (κ1) is 17.1. The summed E-state index contributed by atoms with van der Waals surface area (Å²) >= 11 is 0. The Hall–Kier alpha value is -0.950. The summed E-state index contributed by atoms with van der Waals surface area (Å²) in [5, 5.41) is 0. The summed E-state index contributed by atoms with van der Waals surface area (Å²) in [6, 6.07) is 6.72. The Morgan fingerprint density at radius 3 is 2.65 bits per heavy atom. The van der Waals surface area contributed by atoms with Gasteiger partial charge in [-0.2, -0.15) is 0 Å². The largest absolute Gasteiger partial charge is 0.324 e. The molecule has 0 aliphatic carbocycles. The van der Waals surface area contributed by atoms with Crippen LogP contribution in [-0.4, -0.2) is 40.5 Å². The predicted octanol–water partition coefficient (Wildman–Crippen LogP) is 1.33. The van der Waals surface area contributed by atoms with E-state index >= 15 is 0 Å². The van der Waals surface area contributed by atoms with Crippen molar-refractivity contribution in [1.29, 1.82) is 0 Å². The number of benzene rings is 1. The molecule has 1 aromatic carbocycles. The zero-order chi connectivity index (χ0) is 15.2. The summed E-state index contributed by atoms with van der Waals surface area (Å²) in [6.45, 7) is 3.26. The van der Waals surface area contributed by atoms with Crippen molar-refractivity contribution >= 4 is 10.0 Å². The van der Waals surface area contributed by atoms with E-state index in [2.05, 4.69) is 4.72 Å². The maximum Gasteiger partial charge on any atom is 0.240 e. The van der Waals surface area contributed by atoms with E-state index in [9.17, 15) is 8.42 Å². The zero-order valence-electron chi connectivity index (χ0n) is 12.5. The molecular formula is C14H25N3O2S. The maximum atomic E-state index is 12.2. The minimum Gasteiger partial charge on any atom is -0.324 e. The Kier molecular flexibility index (Phi) is 6.61. The molecule has 0 aromatic heterocycles. The topological polar surface area (TPSA) is 75.4 Å². The number of rotatable bonds is 8. The third-order valence-electron chi connectivity index (χ3n) is 3.11. The molecular weight excluding hydrogens is 274 g/mol. The van der Waals surface area contributed by atoms with Crippen molar-refractivity contribution < 1.29 is 8.42 Å². The van der Waals surface area contributed by atoms with Crippen molar-refractivity contribution in [2.45, 2.75) is 30.7 Å². The molecule has 1 rings (SSSR count). The van der Waals surface area contributed by atoms with Crippen molar-refractivity contribution in [3.8, 4) is 0 Å². The molecule has 6 heteroatoms. The van der Waals surface area contributed by atoms with Crippen LogP contribution < -0.4 is 10.5 Å². The highest BCUT2D eigenvalue weighted by molar-refractivity contribution is 7.89. The molecule has 0 spiro atoms. The van der Waals surface area contributed by atoms with Gasteiger partial charge in [-0.15, -0.1) is 0 Å². The van der Waals surface area contributed by atoms with E-state index in [1.165, 1.54) is 0 Å². The van der Waals surface area contributed by atoms with Gasteiger partial charge < -0.3 is 10.6 Å². The molecule has 0 amide bonds. The van der Waals surface area contributed by atoms with Gasteiger partial charge in [-0.3, -0.25) is 0 Å². The summed E-state index contributed by atoms with van der Waals surface area (Å²) in [5.41, 5.74) is 6.79. The summed E-state index contributed by atoms with van der Waals surface area (Å²) in [4.78, 5) is 2.30. The van der Waals surface area contributed by atoms with E-state index in [0.717, 1.165) is 24.9 Å². The molecule has 0 fully saturated rings. The third-order valence-corrected chi connectivity index (χ3v) is 4.57. The Morgan fingerprint density at radius 2 is 2.05 bits per heavy atom. The molecule has 0 aliphatic rings. The van der Waals surface area contributed by atoms with Gasteiger partial charge in [0, 0.05) is 12.6 Å². The fraction of sp³-hybridized carbons (Fsp3) is 0.571. The summed E-state index contributed by atoms with van der Waals surface area (Å²) in [5.74, 6) is 0. The van der Waals surface area contributed by atoms with E-state index in [1.54, 1.807) is 18.2 Å². The predicted molar refractivity (Wildman–Crippen MR) is 82.0 cm³/mol. The molecule has 3 N–H and O–H groups in total. The number of nitrogens with one attached hydrogen (secondary N) is 1. The van der Waals surface area contributed by atoms with Gasteiger partial charge in [0.1, 0.15) is 0 Å². The minimum absolute atomic E-state index is 0.126. The van der Waals surface area contributed by atoms with Gasteiger partial charge >= 0.3 is 0 Å². The Morgan fingerprint density at radius 1 is 1.35 bits per heavy atom. The highest BCUT2D eigenvalue weighted by atomic mass is 32.2. The van der Waals surface area contributed by atoms with Gasteiger partial charge in [-0.1, -0.05) is 19.1 Å². The van der Waals surface area contributed by atoms with Crippen LogP contribution >= 0.6 is 0 Å². The lowest BCUT2D eigenvalue weighted by Crippen LogP contribution is -2.27. The standard InChI is InChI=1S/C14H25N3O2S/c1-4-14(15)12-7-5-8-13(11-12)20(18,19)16-9-6-10-17(2)3/h5,7-8,11,14,16H,4,6,9-10,15H2,1-3H3. The van der Waals surface area contributed by atoms with Crippen LogP contribution in [0.2, 0.25) is 0 Å². The zero-order valence-corrected chi connectivity index (χ0v) is 13.3. The molecule has 0 saturated carbocycles. The molecule has 0 heterocycles. The second-order valence-electron chi connectivity index (χ2n) is 5.14. The molecule has 0 saturated heterocycles. The highest BCUT2D eigenvalue weighted by Crippen LogP contribution is 2.18. The highest BCUT2D eigenvalue weighted by Gasteiger charge is 2.15. The average molecular weight is 299 g/mol. The summed E-state index contributed by atoms with van der Waals surface area (Å²) < 4.78 is 27.0. The van der Waals surface area contributed by atoms with Crippen LogP contribution in [-0.2, 0) is 10.0 Å². The Bertz CT molecular complexity index is 515. The summed E-state index contributed by atoms with van der Waals surface area (Å²) in [7, 11) is 0.478. The fourth-order valence-electron chi connectivity index (χ4n) is 1.83. The van der Waals surface area contributed by atoms with Crippen LogP contribution in [0.4, 0.5) is 0 Å². The lowest BCUT2D eigenvalue weighted by Gasteiger charge is -2.13. The molecule has 0 bridgehead atoms. The van der Waals surface area contributed by atoms with Gasteiger partial charge in [-0.05, 0) is 51.2 Å². The molecule has 5 nitrogen and oxygen atoms in total. The van der Waals surface area contributed by atoms with Gasteiger partial charge in [0.05, 0.1) is 4.90 Å². The molecule has 0 aliphatic heterocycles. The number of sulfonamides is 1. The van der Waals surface area contributed by atoms with E-state index in [4.69, 9.17) is 5.73 Å². The van der Waals surface area contributed by atoms with E-state index in [0.29, 0.717) is 6.54 Å². The van der Waals surface area contributed by atoms with Crippen molar-refractivity contribution in [1.82, 2.24) is 9.62 Å². The molecule has 114 valence electrons. The smallest absolute Gasteiger partial charge is 0.240 e. The molecule has 1 unspecified atom stereocenters. The first-order valence-electron chi connectivity index (χ1n) is 6.86. The molecule has 20 heavy (non-hydrogen) atoms. The maximum absolute atomic E-state index is 12.2. The number of nitrogens with zero attached hydrogens (tertiary/aromatic N) is 1. The molecule has 1 atom stereocenters. The normalized spacial score (nSPS) is 13.7. The van der Waals surface area contributed by atoms with Crippen molar-refractivity contribution in [3.05, 3.63) is 29.8 Å². The quantitative estimate of drug-likeness (QED) is 0.710. The van der Waals surface area contributed by atoms with Crippen LogP contribution in [0.5, 0.6) is 0 Å². The SMILES string of the molecule is CCC(N)c1cccc(S(=O)(=O)NCCCN(C)C)c1. The van der Waals surface area contributed by atoms with E-state index in [-0.39, 0.29) is 10.9 Å². The second-order valence-corrected chi connectivity index (χ2v) is 6.91. The molecule has 1 aromatic rings. The van der Waals surface area contributed by atoms with Crippen LogP contribution in [0, 0.1) is 0 Å². The monoisotopic (exact) mass is 299 g/mol. The fourth-order valence-corrected chi connectivity index (χ4v) is 2.96. The van der Waals surface area contributed by atoms with Crippen molar-refractivity contribution in [3.63, 3.8) is 0 Å². The lowest BCUT2D eigenvalue weighted by molar-refractivity contribution is 0.400. The van der Waals surface area contributed by atoms with Crippen molar-refractivity contribution in [2.24, 2.45) is 5.73 Å². The number of hydrogen-bond donors (Lipinski definition) is 2. The van der Waals surface area contributed by atoms with Crippen molar-refractivity contribution in [2.75, 3.05) is 27.2 Å². The number of nitrogens with two attached hydrogens (primary N) is 1. The van der Waals surface area contributed by atoms with Gasteiger partial charge in [0.2, 0.25) is 10.0 Å². The Balaban J connectivity index is 2.72. The number of hydrogen-bond acceptors (Lipinski definition) is 4. The van der Waals surface area contributed by atoms with Crippen LogP contribution in [0.3, 0.4) is 0 Å². The van der Waals surface area contributed by atoms with Crippen LogP contribution in [0.25, 0.3) is 0 Å². The third kappa shape index (κ3) is 5.20. The van der Waals surface area contributed by atoms with E-state index < -0.39 is 10.0 Å². The van der Waals surface area contributed by atoms with E-state index in [1.807, 2.05) is 32.0 Å². The van der Waals surface area contributed by atoms with Gasteiger partial charge in [0.15, 0.2) is 0 Å². The van der Waals surface area contributed by atoms with Crippen LogP contribution in [0.15, 0.2) is 29.2 Å². The Labute approximate surface area is 122 Å². The van der Waals surface area contributed by atoms with Gasteiger partial charge in [0.25, 0.3) is 0 Å². The first-order chi connectivity index (χ1) is 9.36. The van der Waals surface area contributed by atoms with Crippen LogP contribution in [0.1, 0.15) is 31.4 Å². The minimum atomic E-state index is -3.45. The average Bonchev–Trinajstić information content (AvgIpc) is 2.42. The van der Waals surface area contributed by atoms with Gasteiger partial charge in [-0.25, -0.2) is 13.1 Å². The first-order valence-corrected chi connectivity index (χ1v) is 8.35. The summed E-state index contributed by atoms with van der Waals surface area (Å²) in [6.07, 6.45) is 1.56. The second kappa shape index (κ2) is 7.73. The molecule has 0 radical (unpaired) electrons. The lowest BCUT2D eigenvalue weighted by atomic mass is 10.1.